The van der Waals surface area contributed by atoms with Crippen molar-refractivity contribution in [2.45, 2.75) is 37.8 Å². The maximum atomic E-state index is 12.8. The number of aryl methyl sites for hydroxylation is 1. The van der Waals surface area contributed by atoms with Gasteiger partial charge in [-0.1, -0.05) is 0 Å². The zero-order valence-corrected chi connectivity index (χ0v) is 13.0. The molecule has 0 spiro atoms. The van der Waals surface area contributed by atoms with E-state index in [1.807, 2.05) is 31.3 Å². The lowest BCUT2D eigenvalue weighted by Gasteiger charge is -2.41. The maximum absolute atomic E-state index is 12.8. The fourth-order valence-corrected chi connectivity index (χ4v) is 3.49. The molecular weight excluding hydrogens is 266 g/mol. The summed E-state index contributed by atoms with van der Waals surface area (Å²) in [5.74, 6) is 1.01. The van der Waals surface area contributed by atoms with Crippen molar-refractivity contribution in [1.29, 1.82) is 0 Å². The Morgan fingerprint density at radius 1 is 1.29 bits per heavy atom. The molecule has 0 aromatic carbocycles. The van der Waals surface area contributed by atoms with E-state index in [0.29, 0.717) is 6.04 Å². The summed E-state index contributed by atoms with van der Waals surface area (Å²) in [5, 5.41) is 7.74. The molecule has 0 saturated carbocycles. The first kappa shape index (κ1) is 14.5. The van der Waals surface area contributed by atoms with Gasteiger partial charge in [0.05, 0.1) is 6.04 Å². The van der Waals surface area contributed by atoms with Crippen LogP contribution in [0.1, 0.15) is 25.7 Å². The van der Waals surface area contributed by atoms with Crippen molar-refractivity contribution in [2.75, 3.05) is 31.6 Å². The molecule has 3 rings (SSSR count). The van der Waals surface area contributed by atoms with Gasteiger partial charge in [-0.15, -0.1) is 0 Å². The van der Waals surface area contributed by atoms with E-state index in [1.54, 1.807) is 4.68 Å². The van der Waals surface area contributed by atoms with Crippen LogP contribution in [0.5, 0.6) is 0 Å². The number of likely N-dealkylation sites (N-methyl/N-ethyl adjacent to an activating group) is 1. The van der Waals surface area contributed by atoms with Gasteiger partial charge in [0, 0.05) is 38.4 Å². The molecule has 21 heavy (non-hydrogen) atoms. The molecule has 1 aromatic rings. The topological polar surface area (TPSA) is 53.4 Å². The monoisotopic (exact) mass is 291 g/mol. The average molecular weight is 291 g/mol. The molecule has 3 heterocycles. The Balaban J connectivity index is 1.72. The second-order valence-corrected chi connectivity index (χ2v) is 6.12. The quantitative estimate of drug-likeness (QED) is 0.886. The number of nitrogens with one attached hydrogen (secondary N) is 1. The number of amides is 1. The van der Waals surface area contributed by atoms with Gasteiger partial charge < -0.3 is 5.32 Å². The van der Waals surface area contributed by atoms with Gasteiger partial charge in [-0.05, 0) is 39.3 Å². The third-order valence-corrected chi connectivity index (χ3v) is 4.69. The maximum Gasteiger partial charge on any atom is 0.245 e. The van der Waals surface area contributed by atoms with E-state index in [2.05, 4.69) is 15.3 Å². The van der Waals surface area contributed by atoms with E-state index >= 15 is 0 Å². The minimum atomic E-state index is 0.0249. The summed E-state index contributed by atoms with van der Waals surface area (Å²) in [6.07, 6.45) is 6.28. The van der Waals surface area contributed by atoms with Gasteiger partial charge in [-0.2, -0.15) is 5.10 Å². The van der Waals surface area contributed by atoms with Crippen LogP contribution < -0.4 is 10.2 Å². The third kappa shape index (κ3) is 2.96. The summed E-state index contributed by atoms with van der Waals surface area (Å²) in [6, 6.07) is 2.46. The van der Waals surface area contributed by atoms with Crippen LogP contribution in [0.2, 0.25) is 0 Å². The molecular formula is C15H25N5O. The molecule has 2 atom stereocenters. The van der Waals surface area contributed by atoms with E-state index in [1.165, 1.54) is 12.8 Å². The average Bonchev–Trinajstić information content (AvgIpc) is 2.94. The number of likely N-dealkylation sites (tertiary alicyclic amines) is 1. The molecule has 1 N–H and O–H groups in total. The first-order valence-corrected chi connectivity index (χ1v) is 7.91. The molecule has 0 radical (unpaired) electrons. The van der Waals surface area contributed by atoms with Crippen molar-refractivity contribution in [1.82, 2.24) is 20.0 Å². The van der Waals surface area contributed by atoms with Crippen LogP contribution in [0, 0.1) is 0 Å². The van der Waals surface area contributed by atoms with Gasteiger partial charge in [0.15, 0.2) is 5.82 Å². The number of anilines is 1. The lowest BCUT2D eigenvalue weighted by Crippen LogP contribution is -2.57. The molecule has 116 valence electrons. The van der Waals surface area contributed by atoms with Crippen molar-refractivity contribution in [2.24, 2.45) is 7.05 Å². The summed E-state index contributed by atoms with van der Waals surface area (Å²) in [4.78, 5) is 17.1. The number of carbonyl (C=O) groups excluding carboxylic acids is 1. The number of hydrogen-bond donors (Lipinski definition) is 1. The van der Waals surface area contributed by atoms with E-state index in [0.717, 1.165) is 38.3 Å². The second kappa shape index (κ2) is 6.15. The van der Waals surface area contributed by atoms with Crippen molar-refractivity contribution in [3.8, 4) is 0 Å². The van der Waals surface area contributed by atoms with Crippen molar-refractivity contribution < 1.29 is 4.79 Å². The normalized spacial score (nSPS) is 28.1. The van der Waals surface area contributed by atoms with E-state index in [4.69, 9.17) is 0 Å². The smallest absolute Gasteiger partial charge is 0.245 e. The predicted octanol–water partition coefficient (Wildman–Crippen LogP) is 0.599. The molecule has 2 saturated heterocycles. The molecule has 0 aliphatic carbocycles. The number of piperidine rings is 2. The molecule has 2 unspecified atom stereocenters. The van der Waals surface area contributed by atoms with Crippen molar-refractivity contribution >= 4 is 11.7 Å². The van der Waals surface area contributed by atoms with Crippen LogP contribution in [-0.4, -0.2) is 59.4 Å². The molecule has 6 nitrogen and oxygen atoms in total. The van der Waals surface area contributed by atoms with E-state index < -0.39 is 0 Å². The van der Waals surface area contributed by atoms with Crippen LogP contribution in [0.25, 0.3) is 0 Å². The van der Waals surface area contributed by atoms with Gasteiger partial charge in [0.25, 0.3) is 0 Å². The summed E-state index contributed by atoms with van der Waals surface area (Å²) in [6.45, 7) is 2.79. The summed E-state index contributed by atoms with van der Waals surface area (Å²) in [7, 11) is 3.90. The highest BCUT2D eigenvalue weighted by molar-refractivity contribution is 5.97. The Morgan fingerprint density at radius 3 is 2.81 bits per heavy atom. The van der Waals surface area contributed by atoms with E-state index in [9.17, 15) is 4.79 Å². The summed E-state index contributed by atoms with van der Waals surface area (Å²) in [5.41, 5.74) is 0. The second-order valence-electron chi connectivity index (χ2n) is 6.12. The Bertz CT molecular complexity index is 500. The van der Waals surface area contributed by atoms with Gasteiger partial charge in [0.2, 0.25) is 5.91 Å². The highest BCUT2D eigenvalue weighted by Gasteiger charge is 2.36. The minimum Gasteiger partial charge on any atom is -0.316 e. The fourth-order valence-electron chi connectivity index (χ4n) is 3.49. The Labute approximate surface area is 126 Å². The number of carbonyl (C=O) groups is 1. The zero-order valence-electron chi connectivity index (χ0n) is 13.0. The zero-order chi connectivity index (χ0) is 14.8. The molecule has 1 aromatic heterocycles. The SMILES string of the molecule is CNC1CCCN(C2CCCN(c3ccn(C)n3)C2=O)C1. The van der Waals surface area contributed by atoms with Crippen LogP contribution in [0.4, 0.5) is 5.82 Å². The van der Waals surface area contributed by atoms with E-state index in [-0.39, 0.29) is 11.9 Å². The molecule has 2 aliphatic heterocycles. The molecule has 1 amide bonds. The standard InChI is InChI=1S/C15H25N5O/c1-16-12-5-3-8-19(11-12)13-6-4-9-20(15(13)21)14-7-10-18(2)17-14/h7,10,12-13,16H,3-6,8-9,11H2,1-2H3. The minimum absolute atomic E-state index is 0.0249. The summed E-state index contributed by atoms with van der Waals surface area (Å²) >= 11 is 0. The number of hydrogen-bond acceptors (Lipinski definition) is 4. The highest BCUT2D eigenvalue weighted by Crippen LogP contribution is 2.24. The largest absolute Gasteiger partial charge is 0.316 e. The van der Waals surface area contributed by atoms with Gasteiger partial charge in [0.1, 0.15) is 0 Å². The molecule has 2 fully saturated rings. The lowest BCUT2D eigenvalue weighted by molar-refractivity contribution is -0.126. The van der Waals surface area contributed by atoms with Crippen LogP contribution in [-0.2, 0) is 11.8 Å². The lowest BCUT2D eigenvalue weighted by atomic mass is 9.98. The molecule has 2 aliphatic rings. The fraction of sp³-hybridized carbons (Fsp3) is 0.733. The van der Waals surface area contributed by atoms with Crippen LogP contribution in [0.3, 0.4) is 0 Å². The highest BCUT2D eigenvalue weighted by atomic mass is 16.2. The van der Waals surface area contributed by atoms with Crippen LogP contribution >= 0.6 is 0 Å². The van der Waals surface area contributed by atoms with Gasteiger partial charge in [-0.3, -0.25) is 19.3 Å². The first-order chi connectivity index (χ1) is 10.2. The Morgan fingerprint density at radius 2 is 2.10 bits per heavy atom. The Hall–Kier alpha value is -1.40. The molecule has 6 heteroatoms. The number of rotatable bonds is 3. The third-order valence-electron chi connectivity index (χ3n) is 4.69. The number of nitrogens with zero attached hydrogens (tertiary/aromatic N) is 4. The number of aromatic nitrogens is 2. The first-order valence-electron chi connectivity index (χ1n) is 7.91. The van der Waals surface area contributed by atoms with Crippen LogP contribution in [0.15, 0.2) is 12.3 Å². The van der Waals surface area contributed by atoms with Crippen molar-refractivity contribution in [3.63, 3.8) is 0 Å². The van der Waals surface area contributed by atoms with Gasteiger partial charge in [-0.25, -0.2) is 0 Å². The predicted molar refractivity (Wildman–Crippen MR) is 82.2 cm³/mol. The summed E-state index contributed by atoms with van der Waals surface area (Å²) < 4.78 is 1.75. The van der Waals surface area contributed by atoms with Crippen molar-refractivity contribution in [3.05, 3.63) is 12.3 Å². The van der Waals surface area contributed by atoms with Gasteiger partial charge >= 0.3 is 0 Å². The molecule has 0 bridgehead atoms. The Kier molecular flexibility index (Phi) is 4.26.